The smallest absolute Gasteiger partial charge is 0.298 e. The van der Waals surface area contributed by atoms with Crippen molar-refractivity contribution >= 4 is 39.6 Å². The van der Waals surface area contributed by atoms with E-state index >= 15 is 0 Å². The molecule has 2 aromatic carbocycles. The standard InChI is InChI=1S/C23H21N5O5/c29-21-16(12-18(28(31)32)15-4-3-9-24-20(15)21)22(30)25-13-14-7-10-27(11-8-14)23-26-17-5-1-2-6-19(17)33-23/h1-6,9,12,14,29H,7-8,10-11,13H2,(H,25,30). The molecular formula is C23H21N5O5. The van der Waals surface area contributed by atoms with E-state index in [9.17, 15) is 20.0 Å². The number of hydrogen-bond donors (Lipinski definition) is 2. The average Bonchev–Trinajstić information content (AvgIpc) is 3.27. The molecule has 0 bridgehead atoms. The molecule has 0 atom stereocenters. The van der Waals surface area contributed by atoms with Gasteiger partial charge in [0.05, 0.1) is 15.9 Å². The molecule has 0 aliphatic carbocycles. The van der Waals surface area contributed by atoms with Gasteiger partial charge < -0.3 is 19.7 Å². The number of phenols is 1. The molecule has 10 nitrogen and oxygen atoms in total. The SMILES string of the molecule is O=C(NCC1CCN(c2nc3ccccc3o2)CC1)c1cc([N+](=O)[O-])c2cccnc2c1O. The lowest BCUT2D eigenvalue weighted by molar-refractivity contribution is -0.383. The van der Waals surface area contributed by atoms with Crippen LogP contribution < -0.4 is 10.2 Å². The van der Waals surface area contributed by atoms with Crippen LogP contribution in [0.3, 0.4) is 0 Å². The number of non-ortho nitro benzene ring substituents is 1. The van der Waals surface area contributed by atoms with Crippen LogP contribution in [0.15, 0.2) is 53.1 Å². The van der Waals surface area contributed by atoms with Crippen LogP contribution in [-0.4, -0.2) is 45.5 Å². The number of fused-ring (bicyclic) bond motifs is 2. The van der Waals surface area contributed by atoms with E-state index in [2.05, 4.69) is 20.2 Å². The number of nitrogens with zero attached hydrogens (tertiary/aromatic N) is 4. The monoisotopic (exact) mass is 447 g/mol. The second-order valence-corrected chi connectivity index (χ2v) is 8.05. The van der Waals surface area contributed by atoms with Crippen molar-refractivity contribution in [1.29, 1.82) is 0 Å². The zero-order chi connectivity index (χ0) is 22.9. The zero-order valence-electron chi connectivity index (χ0n) is 17.6. The number of aromatic nitrogens is 2. The van der Waals surface area contributed by atoms with Crippen molar-refractivity contribution < 1.29 is 19.2 Å². The van der Waals surface area contributed by atoms with Crippen LogP contribution >= 0.6 is 0 Å². The Hall–Kier alpha value is -4.21. The number of amides is 1. The number of hydrogen-bond acceptors (Lipinski definition) is 8. The van der Waals surface area contributed by atoms with Crippen molar-refractivity contribution in [3.05, 3.63) is 64.3 Å². The van der Waals surface area contributed by atoms with E-state index in [1.54, 1.807) is 6.07 Å². The topological polar surface area (TPSA) is 135 Å². The highest BCUT2D eigenvalue weighted by Crippen LogP contribution is 2.34. The minimum Gasteiger partial charge on any atom is -0.505 e. The molecule has 2 N–H and O–H groups in total. The van der Waals surface area contributed by atoms with Crippen molar-refractivity contribution in [3.63, 3.8) is 0 Å². The first kappa shape index (κ1) is 20.7. The lowest BCUT2D eigenvalue weighted by atomic mass is 9.97. The Morgan fingerprint density at radius 3 is 2.79 bits per heavy atom. The molecule has 1 amide bonds. The first-order valence-corrected chi connectivity index (χ1v) is 10.6. The Labute approximate surface area is 188 Å². The Bertz CT molecular complexity index is 1330. The Kier molecular flexibility index (Phi) is 5.25. The van der Waals surface area contributed by atoms with Gasteiger partial charge in [-0.3, -0.25) is 19.9 Å². The third-order valence-corrected chi connectivity index (χ3v) is 6.00. The predicted molar refractivity (Wildman–Crippen MR) is 121 cm³/mol. The van der Waals surface area contributed by atoms with Crippen LogP contribution in [0.1, 0.15) is 23.2 Å². The number of benzene rings is 2. The highest BCUT2D eigenvalue weighted by Gasteiger charge is 2.26. The number of aromatic hydroxyl groups is 1. The Morgan fingerprint density at radius 2 is 2.03 bits per heavy atom. The van der Waals surface area contributed by atoms with Gasteiger partial charge in [0.25, 0.3) is 17.6 Å². The zero-order valence-corrected chi connectivity index (χ0v) is 17.6. The molecule has 10 heteroatoms. The van der Waals surface area contributed by atoms with E-state index in [0.29, 0.717) is 12.6 Å². The van der Waals surface area contributed by atoms with Crippen LogP contribution in [-0.2, 0) is 0 Å². The van der Waals surface area contributed by atoms with Gasteiger partial charge in [-0.2, -0.15) is 4.98 Å². The number of para-hydroxylation sites is 2. The summed E-state index contributed by atoms with van der Waals surface area (Å²) >= 11 is 0. The summed E-state index contributed by atoms with van der Waals surface area (Å²) in [6.07, 6.45) is 3.06. The number of oxazole rings is 1. The summed E-state index contributed by atoms with van der Waals surface area (Å²) in [5.74, 6) is -0.700. The summed E-state index contributed by atoms with van der Waals surface area (Å²) in [5, 5.41) is 25.0. The molecule has 0 unspecified atom stereocenters. The summed E-state index contributed by atoms with van der Waals surface area (Å²) in [6, 6.07) is 12.4. The molecule has 33 heavy (non-hydrogen) atoms. The van der Waals surface area contributed by atoms with Crippen molar-refractivity contribution in [2.45, 2.75) is 12.8 Å². The van der Waals surface area contributed by atoms with Gasteiger partial charge in [0, 0.05) is 31.9 Å². The van der Waals surface area contributed by atoms with E-state index in [1.807, 2.05) is 24.3 Å². The predicted octanol–water partition coefficient (Wildman–Crippen LogP) is 3.64. The van der Waals surface area contributed by atoms with E-state index in [0.717, 1.165) is 43.1 Å². The first-order valence-electron chi connectivity index (χ1n) is 10.6. The molecule has 0 saturated carbocycles. The average molecular weight is 447 g/mol. The van der Waals surface area contributed by atoms with Gasteiger partial charge in [0.1, 0.15) is 11.0 Å². The maximum Gasteiger partial charge on any atom is 0.298 e. The maximum absolute atomic E-state index is 12.8. The number of carbonyl (C=O) groups is 1. The molecular weight excluding hydrogens is 426 g/mol. The van der Waals surface area contributed by atoms with E-state index in [-0.39, 0.29) is 33.8 Å². The minimum absolute atomic E-state index is 0.0310. The number of nitrogens with one attached hydrogen (secondary N) is 1. The molecule has 1 fully saturated rings. The Balaban J connectivity index is 1.24. The highest BCUT2D eigenvalue weighted by molar-refractivity contribution is 6.05. The number of nitro groups is 1. The second-order valence-electron chi connectivity index (χ2n) is 8.05. The second kappa shape index (κ2) is 8.38. The van der Waals surface area contributed by atoms with Crippen molar-refractivity contribution in [2.75, 3.05) is 24.5 Å². The van der Waals surface area contributed by atoms with Gasteiger partial charge in [-0.15, -0.1) is 0 Å². The van der Waals surface area contributed by atoms with Crippen molar-refractivity contribution in [1.82, 2.24) is 15.3 Å². The van der Waals surface area contributed by atoms with Crippen LogP contribution in [0, 0.1) is 16.0 Å². The van der Waals surface area contributed by atoms with Crippen molar-refractivity contribution in [3.8, 4) is 5.75 Å². The fourth-order valence-electron chi connectivity index (χ4n) is 4.19. The molecule has 5 rings (SSSR count). The minimum atomic E-state index is -0.581. The van der Waals surface area contributed by atoms with Gasteiger partial charge in [-0.1, -0.05) is 12.1 Å². The molecule has 3 heterocycles. The van der Waals surface area contributed by atoms with Gasteiger partial charge in [0.15, 0.2) is 11.3 Å². The first-order chi connectivity index (χ1) is 16.0. The molecule has 1 aliphatic rings. The van der Waals surface area contributed by atoms with Crippen molar-refractivity contribution in [2.24, 2.45) is 5.92 Å². The third kappa shape index (κ3) is 3.91. The van der Waals surface area contributed by atoms with E-state index in [4.69, 9.17) is 4.42 Å². The van der Waals surface area contributed by atoms with Gasteiger partial charge >= 0.3 is 0 Å². The molecule has 168 valence electrons. The van der Waals surface area contributed by atoms with Gasteiger partial charge in [0.2, 0.25) is 0 Å². The molecule has 4 aromatic rings. The maximum atomic E-state index is 12.8. The fraction of sp³-hybridized carbons (Fsp3) is 0.261. The molecule has 0 spiro atoms. The van der Waals surface area contributed by atoms with Crippen LogP contribution in [0.5, 0.6) is 5.75 Å². The molecule has 2 aromatic heterocycles. The highest BCUT2D eigenvalue weighted by atomic mass is 16.6. The normalized spacial score (nSPS) is 14.6. The third-order valence-electron chi connectivity index (χ3n) is 6.00. The number of phenolic OH excluding ortho intramolecular Hbond substituents is 1. The van der Waals surface area contributed by atoms with Crippen LogP contribution in [0.4, 0.5) is 11.7 Å². The lowest BCUT2D eigenvalue weighted by Gasteiger charge is -2.30. The number of anilines is 1. The summed E-state index contributed by atoms with van der Waals surface area (Å²) in [6.45, 7) is 1.88. The summed E-state index contributed by atoms with van der Waals surface area (Å²) in [5.41, 5.74) is 1.18. The Morgan fingerprint density at radius 1 is 1.24 bits per heavy atom. The lowest BCUT2D eigenvalue weighted by Crippen LogP contribution is -2.38. The number of pyridine rings is 1. The molecule has 1 aliphatic heterocycles. The quantitative estimate of drug-likeness (QED) is 0.350. The molecule has 0 radical (unpaired) electrons. The van der Waals surface area contributed by atoms with Crippen LogP contribution in [0.2, 0.25) is 0 Å². The number of carbonyl (C=O) groups excluding carboxylic acids is 1. The number of piperidine rings is 1. The number of nitro benzene ring substituents is 1. The summed E-state index contributed by atoms with van der Waals surface area (Å²) < 4.78 is 5.83. The van der Waals surface area contributed by atoms with Gasteiger partial charge in [-0.25, -0.2) is 0 Å². The largest absolute Gasteiger partial charge is 0.505 e. The fourth-order valence-corrected chi connectivity index (χ4v) is 4.19. The van der Waals surface area contributed by atoms with Gasteiger partial charge in [-0.05, 0) is 43.0 Å². The summed E-state index contributed by atoms with van der Waals surface area (Å²) in [4.78, 5) is 34.3. The van der Waals surface area contributed by atoms with E-state index < -0.39 is 10.8 Å². The van der Waals surface area contributed by atoms with E-state index in [1.165, 1.54) is 12.3 Å². The number of rotatable bonds is 5. The van der Waals surface area contributed by atoms with Crippen LogP contribution in [0.25, 0.3) is 22.0 Å². The summed E-state index contributed by atoms with van der Waals surface area (Å²) in [7, 11) is 0. The molecule has 1 saturated heterocycles.